The summed E-state index contributed by atoms with van der Waals surface area (Å²) in [7, 11) is 0. The van der Waals surface area contributed by atoms with Crippen LogP contribution in [-0.2, 0) is 11.2 Å². The molecular formula is C12H15NO3. The molecule has 0 amide bonds. The second-order valence-corrected chi connectivity index (χ2v) is 4.02. The van der Waals surface area contributed by atoms with E-state index in [2.05, 4.69) is 5.32 Å². The molecule has 1 aliphatic heterocycles. The fraction of sp³-hybridized carbons (Fsp3) is 0.417. The van der Waals surface area contributed by atoms with E-state index >= 15 is 0 Å². The van der Waals surface area contributed by atoms with Gasteiger partial charge < -0.3 is 15.2 Å². The predicted octanol–water partition coefficient (Wildman–Crippen LogP) is 1.05. The van der Waals surface area contributed by atoms with Crippen molar-refractivity contribution in [3.8, 4) is 5.75 Å². The summed E-state index contributed by atoms with van der Waals surface area (Å²) >= 11 is 0. The van der Waals surface area contributed by atoms with Gasteiger partial charge in [-0.2, -0.15) is 0 Å². The van der Waals surface area contributed by atoms with Crippen molar-refractivity contribution in [3.05, 3.63) is 29.8 Å². The highest BCUT2D eigenvalue weighted by atomic mass is 16.5. The van der Waals surface area contributed by atoms with E-state index in [9.17, 15) is 4.79 Å². The smallest absolute Gasteiger partial charge is 0.320 e. The van der Waals surface area contributed by atoms with Crippen LogP contribution in [0.2, 0.25) is 0 Å². The molecule has 0 radical (unpaired) electrons. The van der Waals surface area contributed by atoms with E-state index in [4.69, 9.17) is 9.84 Å². The number of para-hydroxylation sites is 1. The number of aliphatic carboxylic acids is 1. The first-order valence-corrected chi connectivity index (χ1v) is 5.37. The van der Waals surface area contributed by atoms with Crippen LogP contribution < -0.4 is 10.1 Å². The first kappa shape index (κ1) is 11.0. The molecule has 0 bridgehead atoms. The number of rotatable bonds is 4. The maximum absolute atomic E-state index is 10.6. The van der Waals surface area contributed by atoms with E-state index in [-0.39, 0.29) is 6.10 Å². The molecule has 1 heterocycles. The second-order valence-electron chi connectivity index (χ2n) is 4.02. The summed E-state index contributed by atoms with van der Waals surface area (Å²) < 4.78 is 5.68. The third-order valence-corrected chi connectivity index (χ3v) is 2.74. The molecule has 0 fully saturated rings. The number of carboxylic acids is 1. The van der Waals surface area contributed by atoms with Gasteiger partial charge in [-0.15, -0.1) is 0 Å². The quantitative estimate of drug-likeness (QED) is 0.798. The molecule has 86 valence electrons. The molecule has 1 aromatic rings. The van der Waals surface area contributed by atoms with Crippen LogP contribution in [0.25, 0.3) is 0 Å². The first-order valence-electron chi connectivity index (χ1n) is 5.37. The molecule has 0 saturated carbocycles. The van der Waals surface area contributed by atoms with E-state index in [1.54, 1.807) is 6.92 Å². The van der Waals surface area contributed by atoms with Gasteiger partial charge in [0.1, 0.15) is 17.9 Å². The van der Waals surface area contributed by atoms with Crippen LogP contribution in [-0.4, -0.2) is 29.8 Å². The van der Waals surface area contributed by atoms with Gasteiger partial charge in [0.15, 0.2) is 0 Å². The number of fused-ring (bicyclic) bond motifs is 1. The lowest BCUT2D eigenvalue weighted by molar-refractivity contribution is -0.139. The lowest BCUT2D eigenvalue weighted by Gasteiger charge is -2.14. The van der Waals surface area contributed by atoms with E-state index in [1.165, 1.54) is 5.56 Å². The highest BCUT2D eigenvalue weighted by molar-refractivity contribution is 5.72. The van der Waals surface area contributed by atoms with Crippen LogP contribution >= 0.6 is 0 Å². The van der Waals surface area contributed by atoms with Crippen molar-refractivity contribution < 1.29 is 14.6 Å². The zero-order chi connectivity index (χ0) is 11.5. The van der Waals surface area contributed by atoms with Crippen molar-refractivity contribution in [1.29, 1.82) is 0 Å². The number of ether oxygens (including phenoxy) is 1. The van der Waals surface area contributed by atoms with Crippen molar-refractivity contribution in [2.75, 3.05) is 6.54 Å². The molecule has 1 aromatic carbocycles. The maximum Gasteiger partial charge on any atom is 0.320 e. The standard InChI is InChI=1S/C12H15NO3/c1-8(12(14)15)13-7-10-6-9-4-2-3-5-11(9)16-10/h2-5,8,10,13H,6-7H2,1H3,(H,14,15)/t8-,10?/m0/s1. The van der Waals surface area contributed by atoms with Crippen LogP contribution in [0.15, 0.2) is 24.3 Å². The molecule has 2 N–H and O–H groups in total. The highest BCUT2D eigenvalue weighted by Crippen LogP contribution is 2.27. The third-order valence-electron chi connectivity index (χ3n) is 2.74. The monoisotopic (exact) mass is 221 g/mol. The summed E-state index contributed by atoms with van der Waals surface area (Å²) in [5.74, 6) is 0.0767. The molecule has 2 atom stereocenters. The summed E-state index contributed by atoms with van der Waals surface area (Å²) in [4.78, 5) is 10.6. The zero-order valence-corrected chi connectivity index (χ0v) is 9.14. The molecule has 4 heteroatoms. The molecule has 0 spiro atoms. The van der Waals surface area contributed by atoms with Gasteiger partial charge in [0, 0.05) is 13.0 Å². The number of nitrogens with one attached hydrogen (secondary N) is 1. The fourth-order valence-electron chi connectivity index (χ4n) is 1.76. The lowest BCUT2D eigenvalue weighted by atomic mass is 10.1. The number of carbonyl (C=O) groups is 1. The van der Waals surface area contributed by atoms with Gasteiger partial charge in [0.05, 0.1) is 0 Å². The summed E-state index contributed by atoms with van der Waals surface area (Å²) in [5.41, 5.74) is 1.19. The van der Waals surface area contributed by atoms with E-state index in [0.717, 1.165) is 12.2 Å². The molecule has 0 aliphatic carbocycles. The first-order chi connectivity index (χ1) is 7.66. The largest absolute Gasteiger partial charge is 0.488 e. The number of hydrogen-bond donors (Lipinski definition) is 2. The van der Waals surface area contributed by atoms with Gasteiger partial charge in [-0.3, -0.25) is 4.79 Å². The Hall–Kier alpha value is -1.55. The molecule has 16 heavy (non-hydrogen) atoms. The Morgan fingerprint density at radius 1 is 1.62 bits per heavy atom. The summed E-state index contributed by atoms with van der Waals surface area (Å²) in [6.45, 7) is 2.19. The molecule has 0 saturated heterocycles. The molecule has 0 aromatic heterocycles. The topological polar surface area (TPSA) is 58.6 Å². The van der Waals surface area contributed by atoms with Gasteiger partial charge in [-0.1, -0.05) is 18.2 Å². The Balaban J connectivity index is 1.86. The molecular weight excluding hydrogens is 206 g/mol. The Labute approximate surface area is 94.2 Å². The molecule has 1 aliphatic rings. The van der Waals surface area contributed by atoms with Gasteiger partial charge in [0.2, 0.25) is 0 Å². The average Bonchev–Trinajstić information content (AvgIpc) is 2.68. The van der Waals surface area contributed by atoms with Crippen molar-refractivity contribution in [2.24, 2.45) is 0 Å². The summed E-state index contributed by atoms with van der Waals surface area (Å²) in [6, 6.07) is 7.37. The third kappa shape index (κ3) is 2.33. The highest BCUT2D eigenvalue weighted by Gasteiger charge is 2.23. The lowest BCUT2D eigenvalue weighted by Crippen LogP contribution is -2.40. The maximum atomic E-state index is 10.6. The number of carboxylic acid groups (broad SMARTS) is 1. The van der Waals surface area contributed by atoms with Crippen molar-refractivity contribution in [3.63, 3.8) is 0 Å². The van der Waals surface area contributed by atoms with Crippen LogP contribution in [0.3, 0.4) is 0 Å². The van der Waals surface area contributed by atoms with E-state index in [0.29, 0.717) is 6.54 Å². The van der Waals surface area contributed by atoms with E-state index in [1.807, 2.05) is 24.3 Å². The predicted molar refractivity (Wildman–Crippen MR) is 59.7 cm³/mol. The molecule has 4 nitrogen and oxygen atoms in total. The normalized spacial score (nSPS) is 19.9. The Kier molecular flexibility index (Phi) is 3.10. The van der Waals surface area contributed by atoms with Gasteiger partial charge in [0.25, 0.3) is 0 Å². The van der Waals surface area contributed by atoms with Crippen LogP contribution in [0.4, 0.5) is 0 Å². The van der Waals surface area contributed by atoms with Gasteiger partial charge in [-0.05, 0) is 18.6 Å². The molecule has 2 rings (SSSR count). The van der Waals surface area contributed by atoms with Crippen LogP contribution in [0.1, 0.15) is 12.5 Å². The Bertz CT molecular complexity index is 367. The zero-order valence-electron chi connectivity index (χ0n) is 9.14. The number of hydrogen-bond acceptors (Lipinski definition) is 3. The minimum Gasteiger partial charge on any atom is -0.488 e. The van der Waals surface area contributed by atoms with Crippen LogP contribution in [0, 0.1) is 0 Å². The van der Waals surface area contributed by atoms with Crippen LogP contribution in [0.5, 0.6) is 5.75 Å². The van der Waals surface area contributed by atoms with Crippen molar-refractivity contribution >= 4 is 5.97 Å². The van der Waals surface area contributed by atoms with Crippen molar-refractivity contribution in [1.82, 2.24) is 5.32 Å². The number of benzene rings is 1. The van der Waals surface area contributed by atoms with Crippen molar-refractivity contribution in [2.45, 2.75) is 25.5 Å². The Morgan fingerprint density at radius 2 is 2.38 bits per heavy atom. The molecule has 1 unspecified atom stereocenters. The summed E-state index contributed by atoms with van der Waals surface area (Å²) in [5, 5.41) is 11.7. The minimum atomic E-state index is -0.837. The Morgan fingerprint density at radius 3 is 3.06 bits per heavy atom. The SMILES string of the molecule is C[C@H](NCC1Cc2ccccc2O1)C(=O)O. The van der Waals surface area contributed by atoms with Gasteiger partial charge in [-0.25, -0.2) is 0 Å². The summed E-state index contributed by atoms with van der Waals surface area (Å²) in [6.07, 6.45) is 0.884. The van der Waals surface area contributed by atoms with Gasteiger partial charge >= 0.3 is 5.97 Å². The van der Waals surface area contributed by atoms with E-state index < -0.39 is 12.0 Å². The second kappa shape index (κ2) is 4.53. The average molecular weight is 221 g/mol. The fourth-order valence-corrected chi connectivity index (χ4v) is 1.76. The minimum absolute atomic E-state index is 0.0409.